The number of nitrogens with zero attached hydrogens (tertiary/aromatic N) is 1. The first-order valence-corrected chi connectivity index (χ1v) is 14.0. The van der Waals surface area contributed by atoms with Crippen LogP contribution in [-0.2, 0) is 11.2 Å². The van der Waals surface area contributed by atoms with E-state index in [9.17, 15) is 4.79 Å². The number of rotatable bonds is 15. The number of ether oxygens (including phenoxy) is 1. The van der Waals surface area contributed by atoms with Gasteiger partial charge < -0.3 is 4.74 Å². The summed E-state index contributed by atoms with van der Waals surface area (Å²) in [5.41, 5.74) is 6.17. The van der Waals surface area contributed by atoms with Gasteiger partial charge in [0.15, 0.2) is 0 Å². The Labute approximate surface area is 218 Å². The van der Waals surface area contributed by atoms with E-state index >= 15 is 0 Å². The lowest BCUT2D eigenvalue weighted by Crippen LogP contribution is -2.15. The molecule has 0 saturated heterocycles. The predicted octanol–water partition coefficient (Wildman–Crippen LogP) is 9.44. The molecule has 3 heteroatoms. The van der Waals surface area contributed by atoms with Gasteiger partial charge in [-0.2, -0.15) is 0 Å². The van der Waals surface area contributed by atoms with Crippen LogP contribution in [-0.4, -0.2) is 17.1 Å². The van der Waals surface area contributed by atoms with E-state index in [0.29, 0.717) is 5.56 Å². The second-order valence-corrected chi connectivity index (χ2v) is 9.94. The predicted molar refractivity (Wildman–Crippen MR) is 151 cm³/mol. The van der Waals surface area contributed by atoms with E-state index in [1.807, 2.05) is 37.4 Å². The molecule has 0 fully saturated rings. The summed E-state index contributed by atoms with van der Waals surface area (Å²) in [4.78, 5) is 17.2. The molecular weight excluding hydrogens is 442 g/mol. The summed E-state index contributed by atoms with van der Waals surface area (Å²) < 4.78 is 5.62. The van der Waals surface area contributed by atoms with E-state index in [-0.39, 0.29) is 12.1 Å². The van der Waals surface area contributed by atoms with Gasteiger partial charge >= 0.3 is 5.97 Å². The highest BCUT2D eigenvalue weighted by molar-refractivity contribution is 5.90. The maximum Gasteiger partial charge on any atom is 0.338 e. The van der Waals surface area contributed by atoms with E-state index < -0.39 is 0 Å². The third-order valence-corrected chi connectivity index (χ3v) is 6.81. The van der Waals surface area contributed by atoms with Gasteiger partial charge in [0.2, 0.25) is 0 Å². The van der Waals surface area contributed by atoms with E-state index in [1.165, 1.54) is 56.9 Å². The summed E-state index contributed by atoms with van der Waals surface area (Å²) >= 11 is 0. The number of carbonyl (C=O) groups excluding carboxylic acids is 1. The van der Waals surface area contributed by atoms with Crippen LogP contribution in [0, 0.1) is 0 Å². The lowest BCUT2D eigenvalue weighted by atomic mass is 10.0. The molecule has 0 bridgehead atoms. The smallest absolute Gasteiger partial charge is 0.338 e. The number of carbonyl (C=O) groups is 1. The average molecular weight is 486 g/mol. The monoisotopic (exact) mass is 485 g/mol. The number of esters is 1. The number of unbranched alkanes of at least 4 members (excludes halogenated alkanes) is 7. The van der Waals surface area contributed by atoms with Crippen LogP contribution < -0.4 is 0 Å². The molecule has 192 valence electrons. The second-order valence-electron chi connectivity index (χ2n) is 9.94. The maximum atomic E-state index is 12.5. The van der Waals surface area contributed by atoms with Gasteiger partial charge in [-0.1, -0.05) is 101 Å². The van der Waals surface area contributed by atoms with Crippen molar-refractivity contribution >= 4 is 5.97 Å². The Kier molecular flexibility index (Phi) is 11.7. The molecule has 0 spiro atoms. The molecule has 3 nitrogen and oxygen atoms in total. The van der Waals surface area contributed by atoms with Crippen LogP contribution in [0.4, 0.5) is 0 Å². The first-order valence-electron chi connectivity index (χ1n) is 14.0. The molecule has 1 heterocycles. The molecule has 0 amide bonds. The number of hydrogen-bond acceptors (Lipinski definition) is 3. The molecule has 0 aliphatic rings. The van der Waals surface area contributed by atoms with Crippen molar-refractivity contribution in [1.29, 1.82) is 0 Å². The van der Waals surface area contributed by atoms with Crippen LogP contribution in [0.15, 0.2) is 66.9 Å². The lowest BCUT2D eigenvalue weighted by molar-refractivity contribution is 0.0319. The van der Waals surface area contributed by atoms with Crippen molar-refractivity contribution in [2.45, 2.75) is 97.5 Å². The minimum atomic E-state index is -0.248. The summed E-state index contributed by atoms with van der Waals surface area (Å²) in [6.45, 7) is 6.44. The molecule has 0 saturated carbocycles. The van der Waals surface area contributed by atoms with Gasteiger partial charge in [0.25, 0.3) is 0 Å². The quantitative estimate of drug-likeness (QED) is 0.159. The van der Waals surface area contributed by atoms with Crippen molar-refractivity contribution in [3.05, 3.63) is 78.0 Å². The molecule has 0 N–H and O–H groups in total. The van der Waals surface area contributed by atoms with Gasteiger partial charge in [-0.25, -0.2) is 4.79 Å². The molecule has 1 unspecified atom stereocenters. The molecule has 3 rings (SSSR count). The zero-order chi connectivity index (χ0) is 25.6. The first kappa shape index (κ1) is 27.6. The average Bonchev–Trinajstić information content (AvgIpc) is 2.91. The van der Waals surface area contributed by atoms with E-state index in [0.717, 1.165) is 41.6 Å². The Bertz CT molecular complexity index is 1020. The Morgan fingerprint density at radius 1 is 0.722 bits per heavy atom. The molecule has 1 atom stereocenters. The van der Waals surface area contributed by atoms with Crippen LogP contribution >= 0.6 is 0 Å². The van der Waals surface area contributed by atoms with Crippen molar-refractivity contribution in [3.63, 3.8) is 0 Å². The van der Waals surface area contributed by atoms with Crippen molar-refractivity contribution in [2.75, 3.05) is 0 Å². The Morgan fingerprint density at radius 3 is 1.97 bits per heavy atom. The third kappa shape index (κ3) is 8.93. The highest BCUT2D eigenvalue weighted by Crippen LogP contribution is 2.24. The van der Waals surface area contributed by atoms with Crippen molar-refractivity contribution in [2.24, 2.45) is 0 Å². The van der Waals surface area contributed by atoms with Crippen LogP contribution in [0.25, 0.3) is 22.4 Å². The Balaban J connectivity index is 1.52. The van der Waals surface area contributed by atoms with Crippen LogP contribution in [0.2, 0.25) is 0 Å². The SMILES string of the molecule is CCCCCCCc1ccc(-c2ccc(-c3ccc(C(=O)OC(C)CCCCCC)cc3)cn2)cc1. The van der Waals surface area contributed by atoms with Gasteiger partial charge in [0.05, 0.1) is 17.4 Å². The summed E-state index contributed by atoms with van der Waals surface area (Å²) in [5.74, 6) is -0.248. The maximum absolute atomic E-state index is 12.5. The number of hydrogen-bond donors (Lipinski definition) is 0. The molecule has 2 aromatic carbocycles. The number of aromatic nitrogens is 1. The minimum absolute atomic E-state index is 0.0503. The standard InChI is InChI=1S/C33H43NO2/c1-4-6-8-10-12-14-27-15-17-29(18-16-27)32-24-23-31(25-34-32)28-19-21-30(22-20-28)33(35)36-26(3)13-11-9-7-5-2/h15-26H,4-14H2,1-3H3. The van der Waals surface area contributed by atoms with Crippen molar-refractivity contribution in [3.8, 4) is 22.4 Å². The van der Waals surface area contributed by atoms with Gasteiger partial charge in [-0.3, -0.25) is 4.98 Å². The topological polar surface area (TPSA) is 39.2 Å². The highest BCUT2D eigenvalue weighted by Gasteiger charge is 2.12. The molecular formula is C33H43NO2. The van der Waals surface area contributed by atoms with Gasteiger partial charge in [0.1, 0.15) is 0 Å². The molecule has 0 aliphatic carbocycles. The largest absolute Gasteiger partial charge is 0.459 e. The fraction of sp³-hybridized carbons (Fsp3) is 0.455. The zero-order valence-electron chi connectivity index (χ0n) is 22.5. The van der Waals surface area contributed by atoms with E-state index in [4.69, 9.17) is 9.72 Å². The highest BCUT2D eigenvalue weighted by atomic mass is 16.5. The minimum Gasteiger partial charge on any atom is -0.459 e. The molecule has 3 aromatic rings. The Morgan fingerprint density at radius 2 is 1.33 bits per heavy atom. The van der Waals surface area contributed by atoms with Crippen LogP contribution in [0.3, 0.4) is 0 Å². The third-order valence-electron chi connectivity index (χ3n) is 6.81. The van der Waals surface area contributed by atoms with Gasteiger partial charge in [-0.15, -0.1) is 0 Å². The summed E-state index contributed by atoms with van der Waals surface area (Å²) in [7, 11) is 0. The van der Waals surface area contributed by atoms with Gasteiger partial charge in [0, 0.05) is 17.3 Å². The number of benzene rings is 2. The molecule has 36 heavy (non-hydrogen) atoms. The summed E-state index contributed by atoms with van der Waals surface area (Å²) in [6, 6.07) is 20.6. The van der Waals surface area contributed by atoms with Crippen LogP contribution in [0.5, 0.6) is 0 Å². The molecule has 0 radical (unpaired) electrons. The fourth-order valence-corrected chi connectivity index (χ4v) is 4.48. The second kappa shape index (κ2) is 15.2. The Hall–Kier alpha value is -2.94. The number of pyridine rings is 1. The van der Waals surface area contributed by atoms with Crippen molar-refractivity contribution < 1.29 is 9.53 Å². The van der Waals surface area contributed by atoms with E-state index in [2.05, 4.69) is 50.2 Å². The summed E-state index contributed by atoms with van der Waals surface area (Å²) in [5, 5.41) is 0. The van der Waals surface area contributed by atoms with Crippen molar-refractivity contribution in [1.82, 2.24) is 4.98 Å². The normalized spacial score (nSPS) is 11.9. The fourth-order valence-electron chi connectivity index (χ4n) is 4.48. The summed E-state index contributed by atoms with van der Waals surface area (Å²) in [6.07, 6.45) is 15.2. The van der Waals surface area contributed by atoms with Gasteiger partial charge in [-0.05, 0) is 61.9 Å². The number of aryl methyl sites for hydroxylation is 1. The zero-order valence-corrected chi connectivity index (χ0v) is 22.5. The van der Waals surface area contributed by atoms with Crippen LogP contribution in [0.1, 0.15) is 101 Å². The first-order chi connectivity index (χ1) is 17.6. The van der Waals surface area contributed by atoms with E-state index in [1.54, 1.807) is 0 Å². The molecule has 0 aliphatic heterocycles. The molecule has 1 aromatic heterocycles. The lowest BCUT2D eigenvalue weighted by Gasteiger charge is -2.13.